The minimum atomic E-state index is 0.636. The van der Waals surface area contributed by atoms with Crippen LogP contribution in [0.3, 0.4) is 0 Å². The summed E-state index contributed by atoms with van der Waals surface area (Å²) in [6.45, 7) is 0. The zero-order chi connectivity index (χ0) is 33.3. The van der Waals surface area contributed by atoms with E-state index in [-0.39, 0.29) is 0 Å². The highest BCUT2D eigenvalue weighted by atomic mass is 15.0. The Balaban J connectivity index is 1.19. The monoisotopic (exact) mass is 637 g/mol. The number of hydrogen-bond donors (Lipinski definition) is 0. The summed E-state index contributed by atoms with van der Waals surface area (Å²) in [4.78, 5) is 15.0. The van der Waals surface area contributed by atoms with Gasteiger partial charge < -0.3 is 0 Å². The smallest absolute Gasteiger partial charge is 0.164 e. The molecule has 0 aliphatic rings. The molecule has 1 aromatic heterocycles. The van der Waals surface area contributed by atoms with Gasteiger partial charge in [0.1, 0.15) is 0 Å². The molecule has 0 spiro atoms. The van der Waals surface area contributed by atoms with Gasteiger partial charge in [-0.05, 0) is 85.3 Å². The van der Waals surface area contributed by atoms with Gasteiger partial charge in [-0.1, -0.05) is 158 Å². The zero-order valence-electron chi connectivity index (χ0n) is 27.2. The molecule has 234 valence electrons. The van der Waals surface area contributed by atoms with E-state index in [9.17, 15) is 0 Å². The van der Waals surface area contributed by atoms with Gasteiger partial charge in [-0.3, -0.25) is 0 Å². The van der Waals surface area contributed by atoms with Crippen LogP contribution in [0.15, 0.2) is 188 Å². The molecule has 0 saturated carbocycles. The molecule has 0 radical (unpaired) electrons. The van der Waals surface area contributed by atoms with E-state index in [0.717, 1.165) is 38.9 Å². The SMILES string of the molecule is c1ccc(-c2cc(-c3ccc4cc(-c5cccc6ccccc56)ccc4c3)cc(-c3nc(-c4ccccc4)nc(-c4ccccc4)n3)c2)cc1. The maximum Gasteiger partial charge on any atom is 0.164 e. The third kappa shape index (κ3) is 5.72. The van der Waals surface area contributed by atoms with E-state index in [0.29, 0.717) is 17.5 Å². The van der Waals surface area contributed by atoms with Gasteiger partial charge in [-0.15, -0.1) is 0 Å². The molecule has 1 heterocycles. The average Bonchev–Trinajstić information content (AvgIpc) is 3.21. The van der Waals surface area contributed by atoms with Crippen molar-refractivity contribution < 1.29 is 0 Å². The second kappa shape index (κ2) is 12.7. The standard InChI is InChI=1S/C47H31N3/c1-4-13-32(14-5-1)40-29-41(38-24-23-37-28-39(26-25-36(37)27-38)44-22-12-20-33-15-10-11-21-43(33)44)31-42(30-40)47-49-45(34-16-6-2-7-17-34)48-46(50-47)35-18-8-3-9-19-35/h1-31H. The van der Waals surface area contributed by atoms with Gasteiger partial charge in [0.2, 0.25) is 0 Å². The highest BCUT2D eigenvalue weighted by Gasteiger charge is 2.15. The second-order valence-corrected chi connectivity index (χ2v) is 12.5. The number of rotatable bonds is 6. The molecule has 0 saturated heterocycles. The van der Waals surface area contributed by atoms with Crippen LogP contribution in [0.4, 0.5) is 0 Å². The Hall–Kier alpha value is -6.71. The van der Waals surface area contributed by atoms with Crippen molar-refractivity contribution in [2.24, 2.45) is 0 Å². The fraction of sp³-hybridized carbons (Fsp3) is 0. The highest BCUT2D eigenvalue weighted by Crippen LogP contribution is 2.36. The molecule has 3 nitrogen and oxygen atoms in total. The summed E-state index contributed by atoms with van der Waals surface area (Å²) in [5, 5.41) is 4.91. The molecule has 8 aromatic carbocycles. The number of nitrogens with zero attached hydrogens (tertiary/aromatic N) is 3. The minimum absolute atomic E-state index is 0.636. The first-order valence-electron chi connectivity index (χ1n) is 16.9. The van der Waals surface area contributed by atoms with Crippen LogP contribution in [0, 0.1) is 0 Å². The van der Waals surface area contributed by atoms with Gasteiger partial charge in [0.25, 0.3) is 0 Å². The second-order valence-electron chi connectivity index (χ2n) is 12.5. The van der Waals surface area contributed by atoms with Crippen LogP contribution in [0.25, 0.3) is 89.1 Å². The van der Waals surface area contributed by atoms with Crippen molar-refractivity contribution in [2.75, 3.05) is 0 Å². The molecule has 50 heavy (non-hydrogen) atoms. The van der Waals surface area contributed by atoms with Gasteiger partial charge in [-0.2, -0.15) is 0 Å². The van der Waals surface area contributed by atoms with Gasteiger partial charge in [-0.25, -0.2) is 15.0 Å². The van der Waals surface area contributed by atoms with Crippen LogP contribution in [0.1, 0.15) is 0 Å². The predicted octanol–water partition coefficient (Wildman–Crippen LogP) is 12.2. The summed E-state index contributed by atoms with van der Waals surface area (Å²) in [7, 11) is 0. The van der Waals surface area contributed by atoms with E-state index in [1.165, 1.54) is 32.7 Å². The lowest BCUT2D eigenvalue weighted by molar-refractivity contribution is 1.07. The normalized spacial score (nSPS) is 11.2. The first-order valence-corrected chi connectivity index (χ1v) is 16.9. The molecule has 3 heteroatoms. The molecule has 0 amide bonds. The zero-order valence-corrected chi connectivity index (χ0v) is 27.2. The van der Waals surface area contributed by atoms with E-state index in [1.807, 2.05) is 66.7 Å². The molecule has 9 rings (SSSR count). The average molecular weight is 638 g/mol. The summed E-state index contributed by atoms with van der Waals surface area (Å²) in [5.74, 6) is 1.93. The molecule has 0 aliphatic carbocycles. The lowest BCUT2D eigenvalue weighted by Gasteiger charge is -2.13. The van der Waals surface area contributed by atoms with Crippen LogP contribution in [0.2, 0.25) is 0 Å². The topological polar surface area (TPSA) is 38.7 Å². The number of fused-ring (bicyclic) bond motifs is 2. The lowest BCUT2D eigenvalue weighted by atomic mass is 9.93. The van der Waals surface area contributed by atoms with E-state index >= 15 is 0 Å². The van der Waals surface area contributed by atoms with E-state index < -0.39 is 0 Å². The van der Waals surface area contributed by atoms with Crippen molar-refractivity contribution in [3.63, 3.8) is 0 Å². The molecule has 0 atom stereocenters. The van der Waals surface area contributed by atoms with Gasteiger partial charge >= 0.3 is 0 Å². The Labute approximate surface area is 291 Å². The van der Waals surface area contributed by atoms with Crippen molar-refractivity contribution in [3.8, 4) is 67.5 Å². The van der Waals surface area contributed by atoms with Crippen molar-refractivity contribution >= 4 is 21.5 Å². The van der Waals surface area contributed by atoms with Crippen molar-refractivity contribution in [2.45, 2.75) is 0 Å². The van der Waals surface area contributed by atoms with Gasteiger partial charge in [0, 0.05) is 16.7 Å². The fourth-order valence-electron chi connectivity index (χ4n) is 6.73. The minimum Gasteiger partial charge on any atom is -0.208 e. The van der Waals surface area contributed by atoms with E-state index in [4.69, 9.17) is 15.0 Å². The van der Waals surface area contributed by atoms with Crippen LogP contribution >= 0.6 is 0 Å². The van der Waals surface area contributed by atoms with Crippen LogP contribution in [-0.4, -0.2) is 15.0 Å². The van der Waals surface area contributed by atoms with Gasteiger partial charge in [0.15, 0.2) is 17.5 Å². The molecule has 0 unspecified atom stereocenters. The van der Waals surface area contributed by atoms with Crippen molar-refractivity contribution in [3.05, 3.63) is 188 Å². The van der Waals surface area contributed by atoms with Crippen molar-refractivity contribution in [1.82, 2.24) is 15.0 Å². The third-order valence-corrected chi connectivity index (χ3v) is 9.27. The number of aromatic nitrogens is 3. The summed E-state index contributed by atoms with van der Waals surface area (Å²) in [6, 6.07) is 66.0. The fourth-order valence-corrected chi connectivity index (χ4v) is 6.73. The Morgan fingerprint density at radius 1 is 0.240 bits per heavy atom. The quantitative estimate of drug-likeness (QED) is 0.182. The first-order chi connectivity index (χ1) is 24.7. The van der Waals surface area contributed by atoms with Gasteiger partial charge in [0.05, 0.1) is 0 Å². The molecule has 0 bridgehead atoms. The Morgan fingerprint density at radius 2 is 0.700 bits per heavy atom. The van der Waals surface area contributed by atoms with E-state index in [2.05, 4.69) is 121 Å². The summed E-state index contributed by atoms with van der Waals surface area (Å²) in [5.41, 5.74) is 9.77. The number of hydrogen-bond acceptors (Lipinski definition) is 3. The summed E-state index contributed by atoms with van der Waals surface area (Å²) in [6.07, 6.45) is 0. The summed E-state index contributed by atoms with van der Waals surface area (Å²) >= 11 is 0. The maximum atomic E-state index is 5.06. The molecular formula is C47H31N3. The summed E-state index contributed by atoms with van der Waals surface area (Å²) < 4.78 is 0. The van der Waals surface area contributed by atoms with Crippen molar-refractivity contribution in [1.29, 1.82) is 0 Å². The molecule has 0 N–H and O–H groups in total. The van der Waals surface area contributed by atoms with Crippen LogP contribution in [0.5, 0.6) is 0 Å². The number of benzene rings is 8. The van der Waals surface area contributed by atoms with Crippen LogP contribution < -0.4 is 0 Å². The lowest BCUT2D eigenvalue weighted by Crippen LogP contribution is -2.00. The Morgan fingerprint density at radius 3 is 1.34 bits per heavy atom. The molecule has 0 fully saturated rings. The van der Waals surface area contributed by atoms with Crippen LogP contribution in [-0.2, 0) is 0 Å². The first kappa shape index (κ1) is 29.4. The largest absolute Gasteiger partial charge is 0.208 e. The molecule has 0 aliphatic heterocycles. The Kier molecular flexibility index (Phi) is 7.49. The van der Waals surface area contributed by atoms with E-state index in [1.54, 1.807) is 0 Å². The third-order valence-electron chi connectivity index (χ3n) is 9.27. The predicted molar refractivity (Wildman–Crippen MR) is 207 cm³/mol. The molecular weight excluding hydrogens is 607 g/mol. The Bertz CT molecular complexity index is 2570. The molecule has 9 aromatic rings. The highest BCUT2D eigenvalue weighted by molar-refractivity contribution is 5.99. The maximum absolute atomic E-state index is 5.06.